The van der Waals surface area contributed by atoms with E-state index in [2.05, 4.69) is 22.1 Å². The van der Waals surface area contributed by atoms with Crippen molar-refractivity contribution < 1.29 is 9.90 Å². The fourth-order valence-corrected chi connectivity index (χ4v) is 1.10. The molecule has 15 heavy (non-hydrogen) atoms. The largest absolute Gasteiger partial charge is 0.476 e. The number of carboxylic acids is 1. The fraction of sp³-hybridized carbons (Fsp3) is 0.273. The standard InChI is InChI=1S/C11H12N2O2/c1-2-3-4-7-12-9-6-5-8-13-10(9)11(14)15/h5-6,8,12H,4,7H2,1H3,(H,14,15). The van der Waals surface area contributed by atoms with Crippen molar-refractivity contribution in [1.29, 1.82) is 0 Å². The van der Waals surface area contributed by atoms with Gasteiger partial charge in [-0.1, -0.05) is 0 Å². The minimum Gasteiger partial charge on any atom is -0.476 e. The first-order valence-electron chi connectivity index (χ1n) is 4.57. The second kappa shape index (κ2) is 5.66. The number of carbonyl (C=O) groups is 1. The maximum atomic E-state index is 10.8. The van der Waals surface area contributed by atoms with E-state index in [0.29, 0.717) is 18.7 Å². The molecule has 0 unspecified atom stereocenters. The minimum atomic E-state index is -1.03. The molecule has 2 N–H and O–H groups in total. The topological polar surface area (TPSA) is 62.2 Å². The van der Waals surface area contributed by atoms with E-state index in [1.54, 1.807) is 19.1 Å². The van der Waals surface area contributed by atoms with Crippen molar-refractivity contribution in [3.63, 3.8) is 0 Å². The number of hydrogen-bond acceptors (Lipinski definition) is 3. The van der Waals surface area contributed by atoms with Crippen LogP contribution in [0.5, 0.6) is 0 Å². The summed E-state index contributed by atoms with van der Waals surface area (Å²) in [5.41, 5.74) is 0.574. The van der Waals surface area contributed by atoms with Crippen molar-refractivity contribution >= 4 is 11.7 Å². The summed E-state index contributed by atoms with van der Waals surface area (Å²) in [5.74, 6) is 4.63. The van der Waals surface area contributed by atoms with Crippen LogP contribution in [-0.2, 0) is 0 Å². The van der Waals surface area contributed by atoms with Gasteiger partial charge < -0.3 is 10.4 Å². The quantitative estimate of drug-likeness (QED) is 0.577. The van der Waals surface area contributed by atoms with Gasteiger partial charge in [0.1, 0.15) is 0 Å². The first-order chi connectivity index (χ1) is 7.25. The smallest absolute Gasteiger partial charge is 0.356 e. The number of nitrogens with one attached hydrogen (secondary N) is 1. The van der Waals surface area contributed by atoms with Crippen LogP contribution >= 0.6 is 0 Å². The maximum absolute atomic E-state index is 10.8. The summed E-state index contributed by atoms with van der Waals surface area (Å²) in [4.78, 5) is 14.6. The number of hydrogen-bond donors (Lipinski definition) is 2. The van der Waals surface area contributed by atoms with E-state index in [1.165, 1.54) is 6.20 Å². The molecule has 1 aromatic heterocycles. The molecule has 1 aromatic rings. The number of rotatable bonds is 4. The van der Waals surface area contributed by atoms with Crippen molar-refractivity contribution in [1.82, 2.24) is 4.98 Å². The van der Waals surface area contributed by atoms with Crippen LogP contribution in [-0.4, -0.2) is 22.6 Å². The Morgan fingerprint density at radius 2 is 2.47 bits per heavy atom. The highest BCUT2D eigenvalue weighted by molar-refractivity contribution is 5.91. The predicted molar refractivity (Wildman–Crippen MR) is 57.8 cm³/mol. The van der Waals surface area contributed by atoms with Gasteiger partial charge in [0.25, 0.3) is 0 Å². The van der Waals surface area contributed by atoms with Crippen molar-refractivity contribution in [2.45, 2.75) is 13.3 Å². The molecule has 0 radical (unpaired) electrons. The Balaban J connectivity index is 2.66. The monoisotopic (exact) mass is 204 g/mol. The maximum Gasteiger partial charge on any atom is 0.356 e. The minimum absolute atomic E-state index is 0.0435. The van der Waals surface area contributed by atoms with Gasteiger partial charge in [0, 0.05) is 19.2 Å². The van der Waals surface area contributed by atoms with Crippen LogP contribution in [0, 0.1) is 11.8 Å². The zero-order valence-corrected chi connectivity index (χ0v) is 8.45. The molecule has 0 aliphatic carbocycles. The summed E-state index contributed by atoms with van der Waals surface area (Å²) >= 11 is 0. The van der Waals surface area contributed by atoms with Gasteiger partial charge in [-0.25, -0.2) is 9.78 Å². The average molecular weight is 204 g/mol. The average Bonchev–Trinajstić information content (AvgIpc) is 2.25. The molecule has 0 aliphatic heterocycles. The summed E-state index contributed by atoms with van der Waals surface area (Å²) in [5, 5.41) is 11.8. The third kappa shape index (κ3) is 3.31. The lowest BCUT2D eigenvalue weighted by molar-refractivity contribution is 0.0691. The molecule has 0 amide bonds. The van der Waals surface area contributed by atoms with Gasteiger partial charge in [0.15, 0.2) is 5.69 Å². The summed E-state index contributed by atoms with van der Waals surface area (Å²) in [6.07, 6.45) is 2.14. The molecule has 1 rings (SSSR count). The van der Waals surface area contributed by atoms with Crippen LogP contribution in [0.4, 0.5) is 5.69 Å². The van der Waals surface area contributed by atoms with Crippen LogP contribution in [0.3, 0.4) is 0 Å². The molecule has 0 bridgehead atoms. The molecule has 0 saturated carbocycles. The molecule has 0 saturated heterocycles. The molecule has 4 nitrogen and oxygen atoms in total. The van der Waals surface area contributed by atoms with E-state index >= 15 is 0 Å². The predicted octanol–water partition coefficient (Wildman–Crippen LogP) is 1.61. The van der Waals surface area contributed by atoms with E-state index in [9.17, 15) is 4.79 Å². The van der Waals surface area contributed by atoms with Gasteiger partial charge in [0.05, 0.1) is 5.69 Å². The lowest BCUT2D eigenvalue weighted by atomic mass is 10.3. The SMILES string of the molecule is CC#CCCNc1cccnc1C(=O)O. The van der Waals surface area contributed by atoms with Gasteiger partial charge in [0.2, 0.25) is 0 Å². The van der Waals surface area contributed by atoms with E-state index in [1.807, 2.05) is 0 Å². The highest BCUT2D eigenvalue weighted by Gasteiger charge is 2.09. The van der Waals surface area contributed by atoms with E-state index in [-0.39, 0.29) is 5.69 Å². The number of aromatic carboxylic acids is 1. The Kier molecular flexibility index (Phi) is 4.17. The fourth-order valence-electron chi connectivity index (χ4n) is 1.10. The second-order valence-corrected chi connectivity index (χ2v) is 2.81. The highest BCUT2D eigenvalue weighted by Crippen LogP contribution is 2.11. The zero-order valence-electron chi connectivity index (χ0n) is 8.45. The van der Waals surface area contributed by atoms with Crippen molar-refractivity contribution in [2.24, 2.45) is 0 Å². The first kappa shape index (κ1) is 11.1. The Bertz CT molecular complexity index is 405. The molecule has 0 aromatic carbocycles. The van der Waals surface area contributed by atoms with E-state index in [0.717, 1.165) is 0 Å². The van der Waals surface area contributed by atoms with Crippen molar-refractivity contribution in [3.05, 3.63) is 24.0 Å². The number of anilines is 1. The Hall–Kier alpha value is -2.02. The first-order valence-corrected chi connectivity index (χ1v) is 4.57. The molecule has 4 heteroatoms. The van der Waals surface area contributed by atoms with Crippen molar-refractivity contribution in [3.8, 4) is 11.8 Å². The molecule has 0 aliphatic rings. The molecule has 1 heterocycles. The second-order valence-electron chi connectivity index (χ2n) is 2.81. The van der Waals surface area contributed by atoms with Crippen LogP contribution < -0.4 is 5.32 Å². The summed E-state index contributed by atoms with van der Waals surface area (Å²) in [6.45, 7) is 2.39. The van der Waals surface area contributed by atoms with Crippen LogP contribution in [0.15, 0.2) is 18.3 Å². The lowest BCUT2D eigenvalue weighted by Crippen LogP contribution is -2.08. The summed E-state index contributed by atoms with van der Waals surface area (Å²) in [7, 11) is 0. The third-order valence-electron chi connectivity index (χ3n) is 1.75. The number of carboxylic acid groups (broad SMARTS) is 1. The molecule has 78 valence electrons. The van der Waals surface area contributed by atoms with E-state index < -0.39 is 5.97 Å². The number of aromatic nitrogens is 1. The van der Waals surface area contributed by atoms with Gasteiger partial charge in [-0.2, -0.15) is 0 Å². The van der Waals surface area contributed by atoms with Gasteiger partial charge in [-0.3, -0.25) is 0 Å². The Morgan fingerprint density at radius 3 is 3.13 bits per heavy atom. The van der Waals surface area contributed by atoms with Gasteiger partial charge >= 0.3 is 5.97 Å². The van der Waals surface area contributed by atoms with Crippen molar-refractivity contribution in [2.75, 3.05) is 11.9 Å². The molecule has 0 spiro atoms. The van der Waals surface area contributed by atoms with Crippen LogP contribution in [0.2, 0.25) is 0 Å². The number of pyridine rings is 1. The van der Waals surface area contributed by atoms with E-state index in [4.69, 9.17) is 5.11 Å². The Morgan fingerprint density at radius 1 is 1.67 bits per heavy atom. The molecule has 0 fully saturated rings. The lowest BCUT2D eigenvalue weighted by Gasteiger charge is -2.06. The van der Waals surface area contributed by atoms with Crippen LogP contribution in [0.1, 0.15) is 23.8 Å². The number of nitrogens with zero attached hydrogens (tertiary/aromatic N) is 1. The molecular formula is C11H12N2O2. The summed E-state index contributed by atoms with van der Waals surface area (Å²) < 4.78 is 0. The van der Waals surface area contributed by atoms with Gasteiger partial charge in [-0.15, -0.1) is 11.8 Å². The summed E-state index contributed by atoms with van der Waals surface area (Å²) in [6, 6.07) is 3.39. The van der Waals surface area contributed by atoms with Crippen LogP contribution in [0.25, 0.3) is 0 Å². The normalized spacial score (nSPS) is 8.87. The van der Waals surface area contributed by atoms with Gasteiger partial charge in [-0.05, 0) is 19.1 Å². The highest BCUT2D eigenvalue weighted by atomic mass is 16.4. The zero-order chi connectivity index (χ0) is 11.1. The molecule has 0 atom stereocenters. The molecular weight excluding hydrogens is 192 g/mol. The third-order valence-corrected chi connectivity index (χ3v) is 1.75. The Labute approximate surface area is 88.3 Å².